The average molecular weight is 195 g/mol. The van der Waals surface area contributed by atoms with Crippen LogP contribution in [0.4, 0.5) is 0 Å². The van der Waals surface area contributed by atoms with Crippen molar-refractivity contribution in [1.29, 1.82) is 0 Å². The molecule has 0 aromatic heterocycles. The van der Waals surface area contributed by atoms with Crippen molar-refractivity contribution in [3.8, 4) is 0 Å². The van der Waals surface area contributed by atoms with Crippen LogP contribution >= 0.6 is 0 Å². The highest BCUT2D eigenvalue weighted by Crippen LogP contribution is 2.14. The van der Waals surface area contributed by atoms with Crippen molar-refractivity contribution >= 4 is 0 Å². The van der Waals surface area contributed by atoms with Crippen molar-refractivity contribution in [1.82, 2.24) is 5.48 Å². The molecule has 0 aromatic carbocycles. The van der Waals surface area contributed by atoms with E-state index >= 15 is 0 Å². The van der Waals surface area contributed by atoms with Crippen molar-refractivity contribution in [2.24, 2.45) is 0 Å². The predicted molar refractivity (Wildman–Crippen MR) is 39.1 cm³/mol. The molecule has 0 amide bonds. The van der Waals surface area contributed by atoms with E-state index in [2.05, 4.69) is 10.3 Å². The third-order valence-electron chi connectivity index (χ3n) is 1.85. The molecule has 0 aliphatic carbocycles. The van der Waals surface area contributed by atoms with Crippen LogP contribution in [0, 0.1) is 0 Å². The molecule has 1 heterocycles. The molecule has 0 spiro atoms. The first kappa shape index (κ1) is 10.8. The Hall–Kier alpha value is -0.280. The van der Waals surface area contributed by atoms with Crippen LogP contribution in [0.3, 0.4) is 0 Å². The third kappa shape index (κ3) is 2.58. The fourth-order valence-electron chi connectivity index (χ4n) is 0.895. The molecule has 1 unspecified atom stereocenters. The summed E-state index contributed by atoms with van der Waals surface area (Å²) in [5, 5.41) is 44.9. The highest BCUT2D eigenvalue weighted by atomic mass is 16.8. The quantitative estimate of drug-likeness (QED) is 0.248. The number of aliphatic hydroxyl groups is 5. The van der Waals surface area contributed by atoms with Crippen LogP contribution in [-0.2, 0) is 4.84 Å². The Kier molecular flexibility index (Phi) is 3.56. The highest BCUT2D eigenvalue weighted by Gasteiger charge is 2.41. The lowest BCUT2D eigenvalue weighted by Gasteiger charge is -2.23. The Morgan fingerprint density at radius 2 is 1.69 bits per heavy atom. The molecule has 1 aliphatic rings. The number of aliphatic hydroxyl groups excluding tert-OH is 5. The molecule has 1 rings (SSSR count). The maximum atomic E-state index is 9.21. The van der Waals surface area contributed by atoms with Crippen molar-refractivity contribution in [2.45, 2.75) is 30.6 Å². The maximum Gasteiger partial charge on any atom is 0.179 e. The van der Waals surface area contributed by atoms with Gasteiger partial charge in [0.2, 0.25) is 0 Å². The summed E-state index contributed by atoms with van der Waals surface area (Å²) in [6.45, 7) is -0.691. The highest BCUT2D eigenvalue weighted by molar-refractivity contribution is 4.85. The van der Waals surface area contributed by atoms with Crippen LogP contribution in [0.5, 0.6) is 0 Å². The molecule has 0 saturated carbocycles. The SMILES string of the molecule is OC[C@@H](O)[C@@H](O)[C@H](O)[C@@H](O)C1NO1. The molecule has 7 nitrogen and oxygen atoms in total. The van der Waals surface area contributed by atoms with Crippen molar-refractivity contribution in [3.05, 3.63) is 0 Å². The van der Waals surface area contributed by atoms with E-state index in [1.807, 2.05) is 0 Å². The minimum atomic E-state index is -1.61. The van der Waals surface area contributed by atoms with Gasteiger partial charge in [-0.05, 0) is 0 Å². The second kappa shape index (κ2) is 4.29. The van der Waals surface area contributed by atoms with Gasteiger partial charge >= 0.3 is 0 Å². The fraction of sp³-hybridized carbons (Fsp3) is 1.00. The van der Waals surface area contributed by atoms with Crippen LogP contribution < -0.4 is 5.48 Å². The zero-order valence-electron chi connectivity index (χ0n) is 6.74. The number of rotatable bonds is 5. The summed E-state index contributed by atoms with van der Waals surface area (Å²) < 4.78 is 0. The van der Waals surface area contributed by atoms with E-state index in [-0.39, 0.29) is 0 Å². The Bertz CT molecular complexity index is 163. The first-order valence-electron chi connectivity index (χ1n) is 3.82. The molecule has 7 heteroatoms. The van der Waals surface area contributed by atoms with Crippen LogP contribution in [0.15, 0.2) is 0 Å². The van der Waals surface area contributed by atoms with E-state index in [0.717, 1.165) is 0 Å². The number of nitrogens with one attached hydrogen (secondary N) is 1. The lowest BCUT2D eigenvalue weighted by atomic mass is 10.0. The normalized spacial score (nSPS) is 30.7. The molecule has 6 N–H and O–H groups in total. The topological polar surface area (TPSA) is 136 Å². The summed E-state index contributed by atoms with van der Waals surface area (Å²) in [5.41, 5.74) is 2.26. The van der Waals surface area contributed by atoms with E-state index < -0.39 is 37.3 Å². The maximum absolute atomic E-state index is 9.21. The van der Waals surface area contributed by atoms with Gasteiger partial charge in [0.15, 0.2) is 6.23 Å². The minimum Gasteiger partial charge on any atom is -0.394 e. The molecule has 1 fully saturated rings. The molecule has 1 aliphatic heterocycles. The van der Waals surface area contributed by atoms with Gasteiger partial charge < -0.3 is 25.5 Å². The fourth-order valence-corrected chi connectivity index (χ4v) is 0.895. The van der Waals surface area contributed by atoms with E-state index in [4.69, 9.17) is 15.3 Å². The van der Waals surface area contributed by atoms with Crippen LogP contribution in [0.25, 0.3) is 0 Å². The summed E-state index contributed by atoms with van der Waals surface area (Å²) in [6, 6.07) is 0. The van der Waals surface area contributed by atoms with E-state index in [1.165, 1.54) is 0 Å². The van der Waals surface area contributed by atoms with Gasteiger partial charge in [0, 0.05) is 0 Å². The Balaban J connectivity index is 2.39. The smallest absolute Gasteiger partial charge is 0.179 e. The second-order valence-electron chi connectivity index (χ2n) is 2.88. The first-order valence-corrected chi connectivity index (χ1v) is 3.82. The minimum absolute atomic E-state index is 0.691. The molecule has 1 saturated heterocycles. The Labute approximate surface area is 74.1 Å². The molecule has 0 bridgehead atoms. The predicted octanol–water partition coefficient (Wildman–Crippen LogP) is -3.72. The van der Waals surface area contributed by atoms with Crippen molar-refractivity contribution in [2.75, 3.05) is 6.61 Å². The monoisotopic (exact) mass is 195 g/mol. The Morgan fingerprint density at radius 1 is 1.15 bits per heavy atom. The number of hydrogen-bond donors (Lipinski definition) is 6. The van der Waals surface area contributed by atoms with Gasteiger partial charge in [-0.15, -0.1) is 0 Å². The third-order valence-corrected chi connectivity index (χ3v) is 1.85. The average Bonchev–Trinajstić information content (AvgIpc) is 2.96. The van der Waals surface area contributed by atoms with Gasteiger partial charge in [-0.1, -0.05) is 0 Å². The molecule has 13 heavy (non-hydrogen) atoms. The van der Waals surface area contributed by atoms with Gasteiger partial charge in [0.1, 0.15) is 24.4 Å². The largest absolute Gasteiger partial charge is 0.394 e. The molecular formula is C6H13NO6. The van der Waals surface area contributed by atoms with Gasteiger partial charge in [-0.2, -0.15) is 5.48 Å². The molecule has 0 radical (unpaired) electrons. The van der Waals surface area contributed by atoms with Crippen LogP contribution in [0.2, 0.25) is 0 Å². The number of hydroxylamine groups is 1. The van der Waals surface area contributed by atoms with Crippen molar-refractivity contribution < 1.29 is 30.4 Å². The zero-order valence-corrected chi connectivity index (χ0v) is 6.74. The van der Waals surface area contributed by atoms with Gasteiger partial charge in [-0.25, -0.2) is 0 Å². The van der Waals surface area contributed by atoms with Crippen molar-refractivity contribution in [3.63, 3.8) is 0 Å². The Morgan fingerprint density at radius 3 is 2.08 bits per heavy atom. The molecule has 5 atom stereocenters. The zero-order chi connectivity index (χ0) is 10.0. The second-order valence-corrected chi connectivity index (χ2v) is 2.88. The van der Waals surface area contributed by atoms with E-state index in [9.17, 15) is 10.2 Å². The van der Waals surface area contributed by atoms with Gasteiger partial charge in [-0.3, -0.25) is 4.84 Å². The van der Waals surface area contributed by atoms with Crippen LogP contribution in [-0.4, -0.2) is 62.8 Å². The van der Waals surface area contributed by atoms with Crippen LogP contribution in [0.1, 0.15) is 0 Å². The van der Waals surface area contributed by atoms with Gasteiger partial charge in [0.05, 0.1) is 6.61 Å². The van der Waals surface area contributed by atoms with Gasteiger partial charge in [0.25, 0.3) is 0 Å². The molecular weight excluding hydrogens is 182 g/mol. The summed E-state index contributed by atoms with van der Waals surface area (Å²) >= 11 is 0. The summed E-state index contributed by atoms with van der Waals surface area (Å²) in [7, 11) is 0. The lowest BCUT2D eigenvalue weighted by molar-refractivity contribution is -0.119. The molecule has 0 aromatic rings. The standard InChI is InChI=1S/C6H13NO6/c8-1-2(9)3(10)4(11)5(12)6-7-13-6/h2-12H,1H2/t2-,3-,4+,5-,6?/m1/s1. The summed E-state index contributed by atoms with van der Waals surface area (Å²) in [5.74, 6) is 0. The number of hydrogen-bond acceptors (Lipinski definition) is 7. The van der Waals surface area contributed by atoms with E-state index in [0.29, 0.717) is 0 Å². The first-order chi connectivity index (χ1) is 6.07. The summed E-state index contributed by atoms with van der Waals surface area (Å²) in [6.07, 6.45) is -6.72. The molecule has 78 valence electrons. The lowest BCUT2D eigenvalue weighted by Crippen LogP contribution is -2.48. The van der Waals surface area contributed by atoms with E-state index in [1.54, 1.807) is 0 Å². The summed E-state index contributed by atoms with van der Waals surface area (Å²) in [4.78, 5) is 4.44.